The molecule has 0 aromatic heterocycles. The zero-order valence-electron chi connectivity index (χ0n) is 10.5. The molecule has 0 saturated carbocycles. The van der Waals surface area contributed by atoms with Crippen molar-refractivity contribution in [3.8, 4) is 0 Å². The molecule has 0 spiro atoms. The molecule has 0 heterocycles. The van der Waals surface area contributed by atoms with Crippen molar-refractivity contribution in [2.24, 2.45) is 4.99 Å². The summed E-state index contributed by atoms with van der Waals surface area (Å²) in [6.07, 6.45) is 2.60. The molecule has 0 aliphatic carbocycles. The van der Waals surface area contributed by atoms with Gasteiger partial charge < -0.3 is 10.1 Å². The largest absolute Gasteiger partial charge is 0.364 e. The second-order valence-electron chi connectivity index (χ2n) is 3.42. The fraction of sp³-hybridized carbons (Fsp3) is 0.545. The van der Waals surface area contributed by atoms with E-state index in [9.17, 15) is 9.59 Å². The number of ether oxygens (including phenoxy) is 1. The summed E-state index contributed by atoms with van der Waals surface area (Å²) in [6, 6.07) is -0.597. The maximum Gasteiger partial charge on any atom is 0.345 e. The number of nitrogens with zero attached hydrogens (tertiary/aromatic N) is 2. The van der Waals surface area contributed by atoms with Gasteiger partial charge in [0.1, 0.15) is 6.73 Å². The summed E-state index contributed by atoms with van der Waals surface area (Å²) in [4.78, 5) is 27.6. The first-order chi connectivity index (χ1) is 8.04. The van der Waals surface area contributed by atoms with Crippen LogP contribution in [0.1, 0.15) is 13.8 Å². The highest BCUT2D eigenvalue weighted by Gasteiger charge is 2.15. The summed E-state index contributed by atoms with van der Waals surface area (Å²) in [6.45, 7) is 7.25. The molecule has 1 unspecified atom stereocenters. The Morgan fingerprint density at radius 3 is 2.71 bits per heavy atom. The van der Waals surface area contributed by atoms with E-state index in [1.54, 1.807) is 13.8 Å². The second kappa shape index (κ2) is 8.46. The van der Waals surface area contributed by atoms with Crippen LogP contribution in [0.3, 0.4) is 0 Å². The van der Waals surface area contributed by atoms with Crippen molar-refractivity contribution in [1.82, 2.24) is 10.2 Å². The molecule has 6 heteroatoms. The first kappa shape index (κ1) is 15.3. The van der Waals surface area contributed by atoms with Gasteiger partial charge in [-0.1, -0.05) is 6.58 Å². The molecule has 0 radical (unpaired) electrons. The van der Waals surface area contributed by atoms with E-state index in [1.165, 1.54) is 24.3 Å². The van der Waals surface area contributed by atoms with Gasteiger partial charge in [-0.2, -0.15) is 0 Å². The van der Waals surface area contributed by atoms with Crippen LogP contribution in [0, 0.1) is 0 Å². The highest BCUT2D eigenvalue weighted by Crippen LogP contribution is 1.97. The summed E-state index contributed by atoms with van der Waals surface area (Å²) in [5.41, 5.74) is 0. The Labute approximate surface area is 101 Å². The Kier molecular flexibility index (Phi) is 7.62. The number of carbonyl (C=O) groups excluding carboxylic acids is 2. The van der Waals surface area contributed by atoms with Gasteiger partial charge in [0, 0.05) is 25.9 Å². The minimum atomic E-state index is -0.394. The number of urea groups is 1. The van der Waals surface area contributed by atoms with E-state index in [2.05, 4.69) is 16.9 Å². The number of hydrogen-bond donors (Lipinski definition) is 1. The Morgan fingerprint density at radius 1 is 1.59 bits per heavy atom. The van der Waals surface area contributed by atoms with Crippen LogP contribution >= 0.6 is 0 Å². The third kappa shape index (κ3) is 6.47. The average Bonchev–Trinajstić information content (AvgIpc) is 2.28. The van der Waals surface area contributed by atoms with Crippen molar-refractivity contribution in [1.29, 1.82) is 0 Å². The van der Waals surface area contributed by atoms with Crippen molar-refractivity contribution in [2.75, 3.05) is 20.4 Å². The predicted octanol–water partition coefficient (Wildman–Crippen LogP) is 0.794. The van der Waals surface area contributed by atoms with Gasteiger partial charge >= 0.3 is 6.03 Å². The van der Waals surface area contributed by atoms with Gasteiger partial charge in [-0.15, -0.1) is 0 Å². The highest BCUT2D eigenvalue weighted by molar-refractivity contribution is 5.87. The molecule has 0 saturated heterocycles. The molecule has 1 N–H and O–H groups in total. The first-order valence-electron chi connectivity index (χ1n) is 5.24. The van der Waals surface area contributed by atoms with E-state index < -0.39 is 6.03 Å². The maximum absolute atomic E-state index is 11.5. The molecule has 96 valence electrons. The number of amides is 3. The number of nitrogens with one attached hydrogen (secondary N) is 1. The Hall–Kier alpha value is -1.69. The Balaban J connectivity index is 4.37. The third-order valence-electron chi connectivity index (χ3n) is 1.86. The minimum Gasteiger partial charge on any atom is -0.364 e. The molecule has 6 nitrogen and oxygen atoms in total. The number of rotatable bonds is 6. The lowest BCUT2D eigenvalue weighted by Gasteiger charge is -2.23. The molecular formula is C11H19N3O3. The van der Waals surface area contributed by atoms with E-state index in [1.807, 2.05) is 0 Å². The zero-order valence-corrected chi connectivity index (χ0v) is 10.5. The third-order valence-corrected chi connectivity index (χ3v) is 1.86. The van der Waals surface area contributed by atoms with E-state index >= 15 is 0 Å². The number of aliphatic imine (C=N–C) groups is 1. The van der Waals surface area contributed by atoms with Crippen LogP contribution in [0.25, 0.3) is 0 Å². The fourth-order valence-electron chi connectivity index (χ4n) is 1.21. The molecule has 0 bridgehead atoms. The van der Waals surface area contributed by atoms with Gasteiger partial charge in [0.15, 0.2) is 0 Å². The molecule has 0 rings (SSSR count). The number of methoxy groups -OCH3 is 1. The van der Waals surface area contributed by atoms with Crippen LogP contribution in [0.4, 0.5) is 4.79 Å². The second-order valence-corrected chi connectivity index (χ2v) is 3.42. The SMILES string of the molecule is C=CC(=O)NC(C)CN(COC)C(=O)N=CC. The van der Waals surface area contributed by atoms with Gasteiger partial charge in [-0.05, 0) is 19.9 Å². The zero-order chi connectivity index (χ0) is 13.3. The molecule has 0 aliphatic heterocycles. The van der Waals surface area contributed by atoms with E-state index in [4.69, 9.17) is 4.74 Å². The van der Waals surface area contributed by atoms with Crippen molar-refractivity contribution in [3.05, 3.63) is 12.7 Å². The molecule has 0 aromatic rings. The quantitative estimate of drug-likeness (QED) is 0.424. The van der Waals surface area contributed by atoms with Crippen LogP contribution in [-0.2, 0) is 9.53 Å². The Morgan fingerprint density at radius 2 is 2.24 bits per heavy atom. The van der Waals surface area contributed by atoms with Crippen molar-refractivity contribution >= 4 is 18.2 Å². The smallest absolute Gasteiger partial charge is 0.345 e. The molecule has 1 atom stereocenters. The summed E-state index contributed by atoms with van der Waals surface area (Å²) in [5.74, 6) is -0.277. The van der Waals surface area contributed by atoms with Crippen LogP contribution < -0.4 is 5.32 Å². The van der Waals surface area contributed by atoms with Crippen molar-refractivity contribution < 1.29 is 14.3 Å². The summed E-state index contributed by atoms with van der Waals surface area (Å²) in [7, 11) is 1.49. The van der Waals surface area contributed by atoms with E-state index in [0.717, 1.165) is 0 Å². The highest BCUT2D eigenvalue weighted by atomic mass is 16.5. The topological polar surface area (TPSA) is 71.0 Å². The fourth-order valence-corrected chi connectivity index (χ4v) is 1.21. The molecule has 0 fully saturated rings. The normalized spacial score (nSPS) is 12.2. The van der Waals surface area contributed by atoms with Crippen molar-refractivity contribution in [2.45, 2.75) is 19.9 Å². The molecule has 0 aliphatic rings. The summed E-state index contributed by atoms with van der Waals surface area (Å²) < 4.78 is 4.90. The van der Waals surface area contributed by atoms with Crippen LogP contribution in [0.2, 0.25) is 0 Å². The van der Waals surface area contributed by atoms with Crippen LogP contribution in [0.5, 0.6) is 0 Å². The lowest BCUT2D eigenvalue weighted by Crippen LogP contribution is -2.43. The predicted molar refractivity (Wildman–Crippen MR) is 65.9 cm³/mol. The van der Waals surface area contributed by atoms with Gasteiger partial charge in [-0.3, -0.25) is 9.69 Å². The van der Waals surface area contributed by atoms with Gasteiger partial charge in [0.25, 0.3) is 0 Å². The number of hydrogen-bond acceptors (Lipinski definition) is 3. The standard InChI is InChI=1S/C11H19N3O3/c1-5-10(15)13-9(3)7-14(8-17-4)11(16)12-6-2/h5-6,9H,1,7-8H2,2-4H3,(H,13,15). The summed E-state index contributed by atoms with van der Waals surface area (Å²) in [5, 5.41) is 2.66. The molecule has 0 aromatic carbocycles. The monoisotopic (exact) mass is 241 g/mol. The van der Waals surface area contributed by atoms with Crippen LogP contribution in [-0.4, -0.2) is 49.5 Å². The minimum absolute atomic E-state index is 0.129. The summed E-state index contributed by atoms with van der Waals surface area (Å²) >= 11 is 0. The lowest BCUT2D eigenvalue weighted by atomic mass is 10.3. The number of carbonyl (C=O) groups is 2. The van der Waals surface area contributed by atoms with Gasteiger partial charge in [0.2, 0.25) is 5.91 Å². The van der Waals surface area contributed by atoms with Gasteiger partial charge in [0.05, 0.1) is 0 Å². The van der Waals surface area contributed by atoms with E-state index in [0.29, 0.717) is 6.54 Å². The Bertz CT molecular complexity index is 302. The maximum atomic E-state index is 11.5. The first-order valence-corrected chi connectivity index (χ1v) is 5.24. The van der Waals surface area contributed by atoms with Crippen molar-refractivity contribution in [3.63, 3.8) is 0 Å². The molecular weight excluding hydrogens is 222 g/mol. The molecule has 17 heavy (non-hydrogen) atoms. The van der Waals surface area contributed by atoms with E-state index in [-0.39, 0.29) is 18.7 Å². The lowest BCUT2D eigenvalue weighted by molar-refractivity contribution is -0.117. The van der Waals surface area contributed by atoms with Crippen LogP contribution in [0.15, 0.2) is 17.6 Å². The van der Waals surface area contributed by atoms with Gasteiger partial charge in [-0.25, -0.2) is 9.79 Å². The average molecular weight is 241 g/mol. The molecule has 3 amide bonds.